The maximum absolute atomic E-state index is 14.2. The zero-order valence-electron chi connectivity index (χ0n) is 22.1. The highest BCUT2D eigenvalue weighted by atomic mass is 32.1. The SMILES string of the molecule is CC(C)C[C@@H](NCCc1ccc(-n2c(N)c(C(=O)c3ccc(F)cc3F)ccc2=O)s1)C(=O)OC(C)(C)C. The molecule has 3 rings (SSSR count). The van der Waals surface area contributed by atoms with Crippen molar-refractivity contribution in [1.29, 1.82) is 0 Å². The number of thiophene rings is 1. The lowest BCUT2D eigenvalue weighted by Gasteiger charge is -2.25. The number of benzene rings is 1. The molecule has 3 aromatic rings. The van der Waals surface area contributed by atoms with Crippen LogP contribution in [0.25, 0.3) is 5.00 Å². The zero-order chi connectivity index (χ0) is 28.2. The van der Waals surface area contributed by atoms with Crippen LogP contribution in [0.5, 0.6) is 0 Å². The summed E-state index contributed by atoms with van der Waals surface area (Å²) in [5.41, 5.74) is 4.76. The molecule has 0 unspecified atom stereocenters. The van der Waals surface area contributed by atoms with Crippen molar-refractivity contribution in [2.24, 2.45) is 5.92 Å². The highest BCUT2D eigenvalue weighted by Crippen LogP contribution is 2.25. The molecule has 0 radical (unpaired) electrons. The van der Waals surface area contributed by atoms with Gasteiger partial charge in [-0.1, -0.05) is 13.8 Å². The number of nitrogens with one attached hydrogen (secondary N) is 1. The van der Waals surface area contributed by atoms with E-state index in [9.17, 15) is 23.2 Å². The molecule has 10 heteroatoms. The van der Waals surface area contributed by atoms with Crippen molar-refractivity contribution in [3.63, 3.8) is 0 Å². The molecular weight excluding hydrogens is 512 g/mol. The van der Waals surface area contributed by atoms with Crippen molar-refractivity contribution in [1.82, 2.24) is 9.88 Å². The Hall–Kier alpha value is -3.37. The average Bonchev–Trinajstić information content (AvgIpc) is 3.25. The Bertz CT molecular complexity index is 1380. The van der Waals surface area contributed by atoms with E-state index in [-0.39, 0.29) is 22.9 Å². The van der Waals surface area contributed by atoms with Crippen LogP contribution in [0.3, 0.4) is 0 Å². The first kappa shape index (κ1) is 29.2. The van der Waals surface area contributed by atoms with E-state index in [2.05, 4.69) is 5.32 Å². The molecule has 3 N–H and O–H groups in total. The van der Waals surface area contributed by atoms with Crippen LogP contribution < -0.4 is 16.6 Å². The minimum Gasteiger partial charge on any atom is -0.459 e. The molecule has 38 heavy (non-hydrogen) atoms. The zero-order valence-corrected chi connectivity index (χ0v) is 23.0. The second-order valence-corrected chi connectivity index (χ2v) is 11.6. The number of ether oxygens (including phenoxy) is 1. The van der Waals surface area contributed by atoms with Crippen LogP contribution >= 0.6 is 11.3 Å². The summed E-state index contributed by atoms with van der Waals surface area (Å²) in [5.74, 6) is -2.72. The number of nitrogens with zero attached hydrogens (tertiary/aromatic N) is 1. The molecule has 0 aliphatic carbocycles. The number of aromatic nitrogens is 1. The van der Waals surface area contributed by atoms with Gasteiger partial charge in [0.25, 0.3) is 5.56 Å². The lowest BCUT2D eigenvalue weighted by atomic mass is 10.0. The second kappa shape index (κ2) is 12.0. The number of hydrogen-bond acceptors (Lipinski definition) is 7. The van der Waals surface area contributed by atoms with Crippen molar-refractivity contribution < 1.29 is 23.1 Å². The first-order valence-electron chi connectivity index (χ1n) is 12.3. The number of nitrogen functional groups attached to an aromatic ring is 1. The summed E-state index contributed by atoms with van der Waals surface area (Å²) in [6.07, 6.45) is 1.21. The summed E-state index contributed by atoms with van der Waals surface area (Å²) in [7, 11) is 0. The van der Waals surface area contributed by atoms with E-state index in [1.807, 2.05) is 40.7 Å². The van der Waals surface area contributed by atoms with E-state index >= 15 is 0 Å². The van der Waals surface area contributed by atoms with Gasteiger partial charge in [0.2, 0.25) is 0 Å². The van der Waals surface area contributed by atoms with Gasteiger partial charge in [-0.3, -0.25) is 19.0 Å². The molecule has 0 spiro atoms. The van der Waals surface area contributed by atoms with Crippen LogP contribution in [0.1, 0.15) is 61.8 Å². The second-order valence-electron chi connectivity index (χ2n) is 10.4. The van der Waals surface area contributed by atoms with Gasteiger partial charge in [-0.2, -0.15) is 0 Å². The molecule has 7 nitrogen and oxygen atoms in total. The number of carbonyl (C=O) groups is 2. The summed E-state index contributed by atoms with van der Waals surface area (Å²) in [4.78, 5) is 39.1. The van der Waals surface area contributed by atoms with Gasteiger partial charge in [0.1, 0.15) is 34.1 Å². The van der Waals surface area contributed by atoms with Crippen LogP contribution in [0.4, 0.5) is 14.6 Å². The normalized spacial score (nSPS) is 12.5. The van der Waals surface area contributed by atoms with Crippen LogP contribution in [-0.4, -0.2) is 34.5 Å². The molecule has 1 aromatic carbocycles. The summed E-state index contributed by atoms with van der Waals surface area (Å²) in [6, 6.07) is 8.18. The molecule has 0 bridgehead atoms. The fraction of sp³-hybridized carbons (Fsp3) is 0.393. The van der Waals surface area contributed by atoms with E-state index in [0.29, 0.717) is 36.4 Å². The number of rotatable bonds is 10. The Balaban J connectivity index is 1.77. The molecule has 0 aliphatic heterocycles. The molecule has 0 amide bonds. The summed E-state index contributed by atoms with van der Waals surface area (Å²) in [6.45, 7) is 10.1. The highest BCUT2D eigenvalue weighted by molar-refractivity contribution is 7.14. The Morgan fingerprint density at radius 1 is 1.08 bits per heavy atom. The van der Waals surface area contributed by atoms with Crippen molar-refractivity contribution in [2.45, 2.75) is 59.1 Å². The molecule has 2 heterocycles. The largest absolute Gasteiger partial charge is 0.459 e. The third kappa shape index (κ3) is 7.35. The molecule has 0 fully saturated rings. The van der Waals surface area contributed by atoms with Gasteiger partial charge in [-0.15, -0.1) is 11.3 Å². The molecule has 1 atom stereocenters. The number of ketones is 1. The highest BCUT2D eigenvalue weighted by Gasteiger charge is 2.26. The van der Waals surface area contributed by atoms with Crippen LogP contribution in [-0.2, 0) is 16.0 Å². The van der Waals surface area contributed by atoms with Gasteiger partial charge >= 0.3 is 5.97 Å². The first-order chi connectivity index (χ1) is 17.8. The number of nitrogens with two attached hydrogens (primary N) is 1. The van der Waals surface area contributed by atoms with E-state index in [4.69, 9.17) is 10.5 Å². The van der Waals surface area contributed by atoms with Gasteiger partial charge in [0.05, 0.1) is 11.1 Å². The summed E-state index contributed by atoms with van der Waals surface area (Å²) in [5, 5.41) is 3.77. The number of hydrogen-bond donors (Lipinski definition) is 2. The van der Waals surface area contributed by atoms with E-state index in [1.165, 1.54) is 28.0 Å². The van der Waals surface area contributed by atoms with E-state index < -0.39 is 34.6 Å². The van der Waals surface area contributed by atoms with Gasteiger partial charge in [-0.25, -0.2) is 8.78 Å². The molecule has 0 saturated carbocycles. The number of halogens is 2. The first-order valence-corrected chi connectivity index (χ1v) is 13.1. The van der Waals surface area contributed by atoms with E-state index in [0.717, 1.165) is 17.0 Å². The molecule has 2 aromatic heterocycles. The Morgan fingerprint density at radius 3 is 2.39 bits per heavy atom. The van der Waals surface area contributed by atoms with Gasteiger partial charge < -0.3 is 15.8 Å². The van der Waals surface area contributed by atoms with Crippen molar-refractivity contribution >= 4 is 28.9 Å². The van der Waals surface area contributed by atoms with Gasteiger partial charge in [0, 0.05) is 23.6 Å². The van der Waals surface area contributed by atoms with Gasteiger partial charge in [0.15, 0.2) is 5.78 Å². The molecule has 0 saturated heterocycles. The quantitative estimate of drug-likeness (QED) is 0.278. The topological polar surface area (TPSA) is 103 Å². The minimum absolute atomic E-state index is 0.0689. The van der Waals surface area contributed by atoms with Crippen LogP contribution in [0.15, 0.2) is 47.3 Å². The third-order valence-electron chi connectivity index (χ3n) is 5.58. The lowest BCUT2D eigenvalue weighted by molar-refractivity contribution is -0.157. The maximum atomic E-state index is 14.2. The molecule has 0 aliphatic rings. The maximum Gasteiger partial charge on any atom is 0.323 e. The number of carbonyl (C=O) groups excluding carboxylic acids is 2. The number of anilines is 1. The summed E-state index contributed by atoms with van der Waals surface area (Å²) >= 11 is 1.31. The Kier molecular flexibility index (Phi) is 9.22. The summed E-state index contributed by atoms with van der Waals surface area (Å²) < 4.78 is 34.2. The number of esters is 1. The molecular formula is C28H33F2N3O4S. The Labute approximate surface area is 224 Å². The fourth-order valence-corrected chi connectivity index (χ4v) is 4.91. The third-order valence-corrected chi connectivity index (χ3v) is 6.71. The van der Waals surface area contributed by atoms with Crippen molar-refractivity contribution in [2.75, 3.05) is 12.3 Å². The van der Waals surface area contributed by atoms with Gasteiger partial charge in [-0.05, 0) is 69.9 Å². The average molecular weight is 546 g/mol. The van der Waals surface area contributed by atoms with Crippen LogP contribution in [0.2, 0.25) is 0 Å². The minimum atomic E-state index is -1.01. The predicted octanol–water partition coefficient (Wildman–Crippen LogP) is 4.88. The lowest BCUT2D eigenvalue weighted by Crippen LogP contribution is -2.42. The monoisotopic (exact) mass is 545 g/mol. The van der Waals surface area contributed by atoms with Crippen molar-refractivity contribution in [3.8, 4) is 5.00 Å². The fourth-order valence-electron chi connectivity index (χ4n) is 3.89. The smallest absolute Gasteiger partial charge is 0.323 e. The van der Waals surface area contributed by atoms with E-state index in [1.54, 1.807) is 6.07 Å². The standard InChI is InChI=1S/C28H33F2N3O4S/c1-16(2)14-22(27(36)37-28(3,4)5)32-13-12-18-7-11-24(38-18)33-23(34)10-9-20(26(33)31)25(35)19-8-6-17(29)15-21(19)30/h6-11,15-16,22,32H,12-14,31H2,1-5H3/t22-/m1/s1. The van der Waals surface area contributed by atoms with Crippen LogP contribution in [0, 0.1) is 17.6 Å². The number of pyridine rings is 1. The van der Waals surface area contributed by atoms with Crippen molar-refractivity contribution in [3.05, 3.63) is 80.5 Å². The molecule has 204 valence electrons. The predicted molar refractivity (Wildman–Crippen MR) is 145 cm³/mol. The Morgan fingerprint density at radius 2 is 1.76 bits per heavy atom.